The second-order valence-corrected chi connectivity index (χ2v) is 3.98. The summed E-state index contributed by atoms with van der Waals surface area (Å²) in [6, 6.07) is 5.70. The minimum Gasteiger partial charge on any atom is -0.384 e. The summed E-state index contributed by atoms with van der Waals surface area (Å²) in [4.78, 5) is 4.20. The monoisotopic (exact) mass is 191 g/mol. The van der Waals surface area contributed by atoms with Crippen molar-refractivity contribution in [1.82, 2.24) is 4.98 Å². The highest BCUT2D eigenvalue weighted by Gasteiger charge is 2.14. The first-order chi connectivity index (χ1) is 6.84. The van der Waals surface area contributed by atoms with Crippen molar-refractivity contribution in [2.45, 2.75) is 25.7 Å². The van der Waals surface area contributed by atoms with E-state index in [1.165, 1.54) is 25.7 Å². The van der Waals surface area contributed by atoms with E-state index in [0.29, 0.717) is 5.82 Å². The maximum atomic E-state index is 5.59. The predicted molar refractivity (Wildman–Crippen MR) is 59.1 cm³/mol. The van der Waals surface area contributed by atoms with Crippen molar-refractivity contribution in [1.29, 1.82) is 0 Å². The summed E-state index contributed by atoms with van der Waals surface area (Å²) < 4.78 is 0. The number of nitrogens with two attached hydrogens (primary N) is 1. The summed E-state index contributed by atoms with van der Waals surface area (Å²) in [5.41, 5.74) is 5.59. The van der Waals surface area contributed by atoms with Crippen molar-refractivity contribution in [2.75, 3.05) is 17.6 Å². The molecule has 3 N–H and O–H groups in total. The predicted octanol–water partition coefficient (Wildman–Crippen LogP) is 2.27. The molecular formula is C11H17N3. The molecule has 1 saturated carbocycles. The highest BCUT2D eigenvalue weighted by atomic mass is 15.0. The third kappa shape index (κ3) is 2.37. The van der Waals surface area contributed by atoms with E-state index in [0.717, 1.165) is 18.3 Å². The molecule has 0 bridgehead atoms. The van der Waals surface area contributed by atoms with Crippen LogP contribution in [0.15, 0.2) is 18.2 Å². The van der Waals surface area contributed by atoms with Gasteiger partial charge in [0.15, 0.2) is 0 Å². The van der Waals surface area contributed by atoms with Gasteiger partial charge in [-0.1, -0.05) is 18.9 Å². The lowest BCUT2D eigenvalue weighted by Gasteiger charge is -2.10. The van der Waals surface area contributed by atoms with Crippen molar-refractivity contribution < 1.29 is 0 Å². The Kier molecular flexibility index (Phi) is 2.87. The Bertz CT molecular complexity index is 292. The second-order valence-electron chi connectivity index (χ2n) is 3.98. The quantitative estimate of drug-likeness (QED) is 0.770. The van der Waals surface area contributed by atoms with E-state index in [9.17, 15) is 0 Å². The van der Waals surface area contributed by atoms with E-state index in [1.807, 2.05) is 12.1 Å². The zero-order valence-corrected chi connectivity index (χ0v) is 8.37. The average molecular weight is 191 g/mol. The van der Waals surface area contributed by atoms with Gasteiger partial charge in [0.25, 0.3) is 0 Å². The first-order valence-electron chi connectivity index (χ1n) is 5.31. The molecule has 1 fully saturated rings. The number of pyridine rings is 1. The van der Waals surface area contributed by atoms with Gasteiger partial charge in [0, 0.05) is 6.54 Å². The van der Waals surface area contributed by atoms with Gasteiger partial charge >= 0.3 is 0 Å². The van der Waals surface area contributed by atoms with Gasteiger partial charge < -0.3 is 11.1 Å². The fraction of sp³-hybridized carbons (Fsp3) is 0.545. The molecule has 0 atom stereocenters. The van der Waals surface area contributed by atoms with Crippen LogP contribution in [0.4, 0.5) is 11.6 Å². The molecule has 0 aliphatic heterocycles. The van der Waals surface area contributed by atoms with Crippen LogP contribution in [0.2, 0.25) is 0 Å². The second kappa shape index (κ2) is 4.31. The summed E-state index contributed by atoms with van der Waals surface area (Å²) in [5.74, 6) is 2.32. The SMILES string of the molecule is Nc1cccc(NCC2CCCC2)n1. The first-order valence-corrected chi connectivity index (χ1v) is 5.31. The third-order valence-electron chi connectivity index (χ3n) is 2.82. The summed E-state index contributed by atoms with van der Waals surface area (Å²) in [6.45, 7) is 1.04. The Balaban J connectivity index is 1.85. The number of hydrogen-bond donors (Lipinski definition) is 2. The molecule has 76 valence electrons. The summed E-state index contributed by atoms with van der Waals surface area (Å²) >= 11 is 0. The fourth-order valence-electron chi connectivity index (χ4n) is 2.01. The van der Waals surface area contributed by atoms with Gasteiger partial charge in [-0.2, -0.15) is 0 Å². The van der Waals surface area contributed by atoms with Crippen molar-refractivity contribution in [3.63, 3.8) is 0 Å². The fourth-order valence-corrected chi connectivity index (χ4v) is 2.01. The average Bonchev–Trinajstić information content (AvgIpc) is 2.67. The van der Waals surface area contributed by atoms with Crippen LogP contribution in [-0.4, -0.2) is 11.5 Å². The molecule has 1 heterocycles. The number of anilines is 2. The zero-order chi connectivity index (χ0) is 9.80. The molecule has 1 aliphatic carbocycles. The Hall–Kier alpha value is -1.25. The molecule has 14 heavy (non-hydrogen) atoms. The Morgan fingerprint density at radius 1 is 1.36 bits per heavy atom. The lowest BCUT2D eigenvalue weighted by Crippen LogP contribution is -2.12. The normalized spacial score (nSPS) is 17.1. The number of hydrogen-bond acceptors (Lipinski definition) is 3. The molecule has 1 aromatic rings. The van der Waals surface area contributed by atoms with Gasteiger partial charge in [0.1, 0.15) is 11.6 Å². The van der Waals surface area contributed by atoms with Crippen LogP contribution in [0.1, 0.15) is 25.7 Å². The lowest BCUT2D eigenvalue weighted by molar-refractivity contribution is 0.579. The molecule has 1 aliphatic rings. The molecule has 0 aromatic carbocycles. The summed E-state index contributed by atoms with van der Waals surface area (Å²) in [5, 5.41) is 3.34. The number of nitrogens with zero attached hydrogens (tertiary/aromatic N) is 1. The number of nitrogen functional groups attached to an aromatic ring is 1. The van der Waals surface area contributed by atoms with Crippen molar-refractivity contribution >= 4 is 11.6 Å². The minimum absolute atomic E-state index is 0.585. The number of nitrogens with one attached hydrogen (secondary N) is 1. The lowest BCUT2D eigenvalue weighted by atomic mass is 10.1. The zero-order valence-electron chi connectivity index (χ0n) is 8.37. The Morgan fingerprint density at radius 2 is 2.14 bits per heavy atom. The largest absolute Gasteiger partial charge is 0.384 e. The molecule has 3 nitrogen and oxygen atoms in total. The van der Waals surface area contributed by atoms with Gasteiger partial charge in [-0.25, -0.2) is 4.98 Å². The summed E-state index contributed by atoms with van der Waals surface area (Å²) in [7, 11) is 0. The van der Waals surface area contributed by atoms with Crippen molar-refractivity contribution in [3.8, 4) is 0 Å². The van der Waals surface area contributed by atoms with Gasteiger partial charge in [0.2, 0.25) is 0 Å². The van der Waals surface area contributed by atoms with Gasteiger partial charge in [-0.05, 0) is 30.9 Å². The van der Waals surface area contributed by atoms with Crippen LogP contribution in [0, 0.1) is 5.92 Å². The number of aromatic nitrogens is 1. The molecular weight excluding hydrogens is 174 g/mol. The Morgan fingerprint density at radius 3 is 2.86 bits per heavy atom. The molecule has 1 aromatic heterocycles. The van der Waals surface area contributed by atoms with Gasteiger partial charge in [-0.3, -0.25) is 0 Å². The Labute approximate surface area is 84.7 Å². The maximum absolute atomic E-state index is 5.59. The van der Waals surface area contributed by atoms with Gasteiger partial charge in [0.05, 0.1) is 0 Å². The molecule has 0 amide bonds. The molecule has 0 spiro atoms. The topological polar surface area (TPSA) is 50.9 Å². The van der Waals surface area contributed by atoms with Crippen LogP contribution in [-0.2, 0) is 0 Å². The van der Waals surface area contributed by atoms with Crippen LogP contribution in [0.3, 0.4) is 0 Å². The molecule has 3 heteroatoms. The van der Waals surface area contributed by atoms with E-state index in [-0.39, 0.29) is 0 Å². The van der Waals surface area contributed by atoms with Crippen LogP contribution in [0.5, 0.6) is 0 Å². The van der Waals surface area contributed by atoms with E-state index < -0.39 is 0 Å². The highest BCUT2D eigenvalue weighted by Crippen LogP contribution is 2.24. The van der Waals surface area contributed by atoms with Crippen LogP contribution < -0.4 is 11.1 Å². The first kappa shape index (κ1) is 9.31. The van der Waals surface area contributed by atoms with E-state index in [1.54, 1.807) is 6.07 Å². The molecule has 0 unspecified atom stereocenters. The van der Waals surface area contributed by atoms with Gasteiger partial charge in [-0.15, -0.1) is 0 Å². The standard InChI is InChI=1S/C11H17N3/c12-10-6-3-7-11(14-10)13-8-9-4-1-2-5-9/h3,6-7,9H,1-2,4-5,8H2,(H3,12,13,14). The summed E-state index contributed by atoms with van der Waals surface area (Å²) in [6.07, 6.45) is 5.48. The van der Waals surface area contributed by atoms with Crippen LogP contribution in [0.25, 0.3) is 0 Å². The number of rotatable bonds is 3. The van der Waals surface area contributed by atoms with E-state index in [2.05, 4.69) is 10.3 Å². The highest BCUT2D eigenvalue weighted by molar-refractivity contribution is 5.42. The third-order valence-corrected chi connectivity index (χ3v) is 2.82. The molecule has 0 saturated heterocycles. The van der Waals surface area contributed by atoms with E-state index in [4.69, 9.17) is 5.73 Å². The van der Waals surface area contributed by atoms with E-state index >= 15 is 0 Å². The molecule has 2 rings (SSSR count). The van der Waals surface area contributed by atoms with Crippen molar-refractivity contribution in [3.05, 3.63) is 18.2 Å². The molecule has 0 radical (unpaired) electrons. The van der Waals surface area contributed by atoms with Crippen molar-refractivity contribution in [2.24, 2.45) is 5.92 Å². The smallest absolute Gasteiger partial charge is 0.128 e. The maximum Gasteiger partial charge on any atom is 0.128 e. The minimum atomic E-state index is 0.585. The van der Waals surface area contributed by atoms with Crippen LogP contribution >= 0.6 is 0 Å².